The molecule has 1 N–H and O–H groups in total. The van der Waals surface area contributed by atoms with Crippen molar-refractivity contribution in [2.75, 3.05) is 11.9 Å². The summed E-state index contributed by atoms with van der Waals surface area (Å²) >= 11 is 0. The van der Waals surface area contributed by atoms with E-state index in [-0.39, 0.29) is 0 Å². The molecule has 0 spiro atoms. The maximum absolute atomic E-state index is 5.60. The first kappa shape index (κ1) is 14.0. The fourth-order valence-corrected chi connectivity index (χ4v) is 3.00. The highest BCUT2D eigenvalue weighted by atomic mass is 16.5. The van der Waals surface area contributed by atoms with Gasteiger partial charge in [-0.3, -0.25) is 0 Å². The van der Waals surface area contributed by atoms with Crippen molar-refractivity contribution >= 4 is 5.69 Å². The van der Waals surface area contributed by atoms with Gasteiger partial charge in [0.05, 0.1) is 12.6 Å². The number of hydrogen-bond donors (Lipinski definition) is 1. The second-order valence-corrected chi connectivity index (χ2v) is 5.58. The average Bonchev–Trinajstić information content (AvgIpc) is 3.00. The second kappa shape index (κ2) is 6.21. The third-order valence-corrected chi connectivity index (χ3v) is 4.25. The lowest BCUT2D eigenvalue weighted by atomic mass is 9.99. The molecule has 0 saturated carbocycles. The van der Waals surface area contributed by atoms with E-state index in [2.05, 4.69) is 61.6 Å². The van der Waals surface area contributed by atoms with Crippen LogP contribution in [0.4, 0.5) is 5.69 Å². The SMILES string of the molecule is CCc1ccccc1NC(CC)c1ccc2c(c1)CCO2. The van der Waals surface area contributed by atoms with Crippen molar-refractivity contribution in [1.29, 1.82) is 0 Å². The summed E-state index contributed by atoms with van der Waals surface area (Å²) in [5.41, 5.74) is 5.33. The first-order chi connectivity index (χ1) is 10.3. The van der Waals surface area contributed by atoms with Gasteiger partial charge in [-0.15, -0.1) is 0 Å². The van der Waals surface area contributed by atoms with Gasteiger partial charge in [-0.1, -0.05) is 38.1 Å². The Balaban J connectivity index is 1.85. The van der Waals surface area contributed by atoms with E-state index in [4.69, 9.17) is 4.74 Å². The van der Waals surface area contributed by atoms with E-state index in [0.29, 0.717) is 6.04 Å². The van der Waals surface area contributed by atoms with Crippen molar-refractivity contribution in [3.05, 3.63) is 59.2 Å². The minimum atomic E-state index is 0.351. The van der Waals surface area contributed by atoms with E-state index in [9.17, 15) is 0 Å². The Morgan fingerprint density at radius 2 is 2.00 bits per heavy atom. The molecule has 0 amide bonds. The molecule has 1 aliphatic rings. The molecule has 2 heteroatoms. The van der Waals surface area contributed by atoms with Crippen LogP contribution in [0.15, 0.2) is 42.5 Å². The lowest BCUT2D eigenvalue weighted by Crippen LogP contribution is -2.11. The van der Waals surface area contributed by atoms with Crippen LogP contribution in [0.1, 0.15) is 43.0 Å². The number of anilines is 1. The highest BCUT2D eigenvalue weighted by molar-refractivity contribution is 5.53. The van der Waals surface area contributed by atoms with E-state index in [1.807, 2.05) is 0 Å². The molecule has 1 atom stereocenters. The van der Waals surface area contributed by atoms with Gasteiger partial charge in [-0.05, 0) is 47.7 Å². The van der Waals surface area contributed by atoms with Crippen LogP contribution in [0.3, 0.4) is 0 Å². The third-order valence-electron chi connectivity index (χ3n) is 4.25. The zero-order valence-corrected chi connectivity index (χ0v) is 12.9. The molecule has 0 aromatic heterocycles. The van der Waals surface area contributed by atoms with Crippen LogP contribution in [0.25, 0.3) is 0 Å². The summed E-state index contributed by atoms with van der Waals surface area (Å²) in [5, 5.41) is 3.71. The molecule has 2 aromatic rings. The molecule has 0 fully saturated rings. The standard InChI is InChI=1S/C19H23NO/c1-3-14-7-5-6-8-18(14)20-17(4-2)15-9-10-19-16(13-15)11-12-21-19/h5-10,13,17,20H,3-4,11-12H2,1-2H3. The van der Waals surface area contributed by atoms with Crippen LogP contribution in [0, 0.1) is 0 Å². The summed E-state index contributed by atoms with van der Waals surface area (Å²) in [5.74, 6) is 1.06. The van der Waals surface area contributed by atoms with Gasteiger partial charge in [-0.25, -0.2) is 0 Å². The fourth-order valence-electron chi connectivity index (χ4n) is 3.00. The van der Waals surface area contributed by atoms with Gasteiger partial charge in [0.1, 0.15) is 5.75 Å². The molecule has 1 unspecified atom stereocenters. The number of aryl methyl sites for hydroxylation is 1. The van der Waals surface area contributed by atoms with E-state index in [1.165, 1.54) is 22.4 Å². The summed E-state index contributed by atoms with van der Waals surface area (Å²) < 4.78 is 5.60. The third kappa shape index (κ3) is 2.90. The Bertz CT molecular complexity index is 621. The van der Waals surface area contributed by atoms with Gasteiger partial charge in [0, 0.05) is 12.1 Å². The summed E-state index contributed by atoms with van der Waals surface area (Å²) in [4.78, 5) is 0. The Morgan fingerprint density at radius 1 is 1.14 bits per heavy atom. The van der Waals surface area contributed by atoms with Crippen molar-refractivity contribution in [3.63, 3.8) is 0 Å². The Hall–Kier alpha value is -1.96. The van der Waals surface area contributed by atoms with Crippen LogP contribution in [-0.2, 0) is 12.8 Å². The van der Waals surface area contributed by atoms with Crippen molar-refractivity contribution < 1.29 is 4.74 Å². The molecule has 0 radical (unpaired) electrons. The predicted molar refractivity (Wildman–Crippen MR) is 88.1 cm³/mol. The molecule has 1 aliphatic heterocycles. The number of ether oxygens (including phenoxy) is 1. The van der Waals surface area contributed by atoms with Crippen molar-refractivity contribution in [1.82, 2.24) is 0 Å². The quantitative estimate of drug-likeness (QED) is 0.854. The number of para-hydroxylation sites is 1. The molecule has 1 heterocycles. The molecule has 0 bridgehead atoms. The monoisotopic (exact) mass is 281 g/mol. The van der Waals surface area contributed by atoms with Crippen LogP contribution in [0.2, 0.25) is 0 Å². The molecule has 21 heavy (non-hydrogen) atoms. The number of benzene rings is 2. The molecule has 2 nitrogen and oxygen atoms in total. The number of fused-ring (bicyclic) bond motifs is 1. The molecule has 3 rings (SSSR count). The minimum absolute atomic E-state index is 0.351. The first-order valence-corrected chi connectivity index (χ1v) is 7.92. The number of nitrogens with one attached hydrogen (secondary N) is 1. The van der Waals surface area contributed by atoms with E-state index >= 15 is 0 Å². The van der Waals surface area contributed by atoms with E-state index < -0.39 is 0 Å². The summed E-state index contributed by atoms with van der Waals surface area (Å²) in [6.45, 7) is 5.26. The Labute approximate surface area is 127 Å². The topological polar surface area (TPSA) is 21.3 Å². The number of rotatable bonds is 5. The second-order valence-electron chi connectivity index (χ2n) is 5.58. The maximum atomic E-state index is 5.60. The molecular weight excluding hydrogens is 258 g/mol. The van der Waals surface area contributed by atoms with Crippen molar-refractivity contribution in [2.45, 2.75) is 39.2 Å². The fraction of sp³-hybridized carbons (Fsp3) is 0.368. The minimum Gasteiger partial charge on any atom is -0.493 e. The normalized spacial score (nSPS) is 14.4. The summed E-state index contributed by atoms with van der Waals surface area (Å²) in [7, 11) is 0. The molecule has 0 aliphatic carbocycles. The highest BCUT2D eigenvalue weighted by Gasteiger charge is 2.16. The van der Waals surface area contributed by atoms with Gasteiger partial charge in [0.2, 0.25) is 0 Å². The lowest BCUT2D eigenvalue weighted by molar-refractivity contribution is 0.357. The van der Waals surface area contributed by atoms with E-state index in [1.54, 1.807) is 0 Å². The smallest absolute Gasteiger partial charge is 0.122 e. The summed E-state index contributed by atoms with van der Waals surface area (Å²) in [6, 6.07) is 15.6. The van der Waals surface area contributed by atoms with Gasteiger partial charge in [0.15, 0.2) is 0 Å². The van der Waals surface area contributed by atoms with Crippen molar-refractivity contribution in [3.8, 4) is 5.75 Å². The Kier molecular flexibility index (Phi) is 4.14. The van der Waals surface area contributed by atoms with Crippen LogP contribution >= 0.6 is 0 Å². The molecule has 0 saturated heterocycles. The number of hydrogen-bond acceptors (Lipinski definition) is 2. The zero-order valence-electron chi connectivity index (χ0n) is 12.9. The van der Waals surface area contributed by atoms with Crippen molar-refractivity contribution in [2.24, 2.45) is 0 Å². The zero-order chi connectivity index (χ0) is 14.7. The molecular formula is C19H23NO. The average molecular weight is 281 g/mol. The van der Waals surface area contributed by atoms with Gasteiger partial charge in [0.25, 0.3) is 0 Å². The first-order valence-electron chi connectivity index (χ1n) is 7.92. The van der Waals surface area contributed by atoms with Crippen LogP contribution in [0.5, 0.6) is 5.75 Å². The molecule has 110 valence electrons. The van der Waals surface area contributed by atoms with Gasteiger partial charge < -0.3 is 10.1 Å². The molecule has 2 aromatic carbocycles. The van der Waals surface area contributed by atoms with Gasteiger partial charge in [-0.2, -0.15) is 0 Å². The van der Waals surface area contributed by atoms with Gasteiger partial charge >= 0.3 is 0 Å². The highest BCUT2D eigenvalue weighted by Crippen LogP contribution is 2.31. The van der Waals surface area contributed by atoms with Crippen LogP contribution in [-0.4, -0.2) is 6.61 Å². The largest absolute Gasteiger partial charge is 0.493 e. The predicted octanol–water partition coefficient (Wildman–Crippen LogP) is 4.75. The summed E-state index contributed by atoms with van der Waals surface area (Å²) in [6.07, 6.45) is 3.15. The Morgan fingerprint density at radius 3 is 2.81 bits per heavy atom. The lowest BCUT2D eigenvalue weighted by Gasteiger charge is -2.21. The maximum Gasteiger partial charge on any atom is 0.122 e. The van der Waals surface area contributed by atoms with E-state index in [0.717, 1.165) is 31.6 Å². The van der Waals surface area contributed by atoms with Crippen LogP contribution < -0.4 is 10.1 Å².